The molecule has 22 heavy (non-hydrogen) atoms. The van der Waals surface area contributed by atoms with Crippen molar-refractivity contribution in [3.63, 3.8) is 0 Å². The summed E-state index contributed by atoms with van der Waals surface area (Å²) in [6.07, 6.45) is 3.21. The van der Waals surface area contributed by atoms with Crippen molar-refractivity contribution in [2.75, 3.05) is 18.4 Å². The van der Waals surface area contributed by atoms with Crippen LogP contribution in [0.4, 0.5) is 11.4 Å². The van der Waals surface area contributed by atoms with Gasteiger partial charge in [-0.15, -0.1) is 0 Å². The Morgan fingerprint density at radius 3 is 2.27 bits per heavy atom. The van der Waals surface area contributed by atoms with Gasteiger partial charge in [-0.1, -0.05) is 23.2 Å². The van der Waals surface area contributed by atoms with Crippen molar-refractivity contribution in [2.45, 2.75) is 13.8 Å². The molecule has 4 nitrogen and oxygen atoms in total. The van der Waals surface area contributed by atoms with Crippen LogP contribution in [0.3, 0.4) is 0 Å². The molecule has 0 unspecified atom stereocenters. The first-order valence-electron chi connectivity index (χ1n) is 7.01. The van der Waals surface area contributed by atoms with E-state index in [4.69, 9.17) is 23.2 Å². The minimum atomic E-state index is -0.0368. The number of aromatic nitrogens is 1. The number of carbonyl (C=O) groups excluding carboxylic acids is 1. The number of hydrogen-bond acceptors (Lipinski definition) is 3. The van der Waals surface area contributed by atoms with Crippen molar-refractivity contribution in [3.8, 4) is 0 Å². The van der Waals surface area contributed by atoms with E-state index < -0.39 is 0 Å². The van der Waals surface area contributed by atoms with E-state index in [0.717, 1.165) is 5.69 Å². The van der Waals surface area contributed by atoms with Crippen LogP contribution in [0.25, 0.3) is 0 Å². The number of pyridine rings is 1. The van der Waals surface area contributed by atoms with Gasteiger partial charge in [-0.05, 0) is 38.1 Å². The maximum atomic E-state index is 12.3. The Balaban J connectivity index is 2.23. The van der Waals surface area contributed by atoms with Gasteiger partial charge in [0.25, 0.3) is 5.91 Å². The molecule has 2 rings (SSSR count). The van der Waals surface area contributed by atoms with Crippen LogP contribution < -0.4 is 5.32 Å². The lowest BCUT2D eigenvalue weighted by Crippen LogP contribution is -2.30. The summed E-state index contributed by atoms with van der Waals surface area (Å²) in [5.41, 5.74) is 1.99. The van der Waals surface area contributed by atoms with Gasteiger partial charge < -0.3 is 10.2 Å². The van der Waals surface area contributed by atoms with Gasteiger partial charge >= 0.3 is 0 Å². The Morgan fingerprint density at radius 1 is 1.05 bits per heavy atom. The first-order valence-corrected chi connectivity index (χ1v) is 7.76. The highest BCUT2D eigenvalue weighted by atomic mass is 35.5. The first-order chi connectivity index (χ1) is 10.5. The van der Waals surface area contributed by atoms with E-state index in [9.17, 15) is 4.79 Å². The molecule has 1 aromatic carbocycles. The van der Waals surface area contributed by atoms with Crippen LogP contribution in [0.2, 0.25) is 10.0 Å². The van der Waals surface area contributed by atoms with Crippen LogP contribution in [-0.4, -0.2) is 28.9 Å². The number of amides is 1. The molecule has 0 bridgehead atoms. The zero-order valence-electron chi connectivity index (χ0n) is 12.4. The van der Waals surface area contributed by atoms with Crippen molar-refractivity contribution < 1.29 is 4.79 Å². The predicted octanol–water partition coefficient (Wildman–Crippen LogP) is 4.61. The summed E-state index contributed by atoms with van der Waals surface area (Å²) in [6.45, 7) is 5.23. The smallest absolute Gasteiger partial charge is 0.255 e. The second-order valence-electron chi connectivity index (χ2n) is 4.72. The van der Waals surface area contributed by atoms with E-state index in [1.54, 1.807) is 41.6 Å². The molecule has 0 aliphatic carbocycles. The molecular formula is C16H17Cl2N3O. The Morgan fingerprint density at radius 2 is 1.68 bits per heavy atom. The predicted molar refractivity (Wildman–Crippen MR) is 91.2 cm³/mol. The van der Waals surface area contributed by atoms with Crippen molar-refractivity contribution in [1.82, 2.24) is 9.88 Å². The number of hydrogen-bond donors (Lipinski definition) is 1. The van der Waals surface area contributed by atoms with Crippen LogP contribution in [0.1, 0.15) is 24.2 Å². The lowest BCUT2D eigenvalue weighted by Gasteiger charge is -2.18. The van der Waals surface area contributed by atoms with Gasteiger partial charge in [-0.3, -0.25) is 9.78 Å². The number of anilines is 2. The van der Waals surface area contributed by atoms with E-state index in [-0.39, 0.29) is 5.91 Å². The molecule has 0 aliphatic heterocycles. The third-order valence-electron chi connectivity index (χ3n) is 3.19. The highest BCUT2D eigenvalue weighted by molar-refractivity contribution is 6.35. The fraction of sp³-hybridized carbons (Fsp3) is 0.250. The minimum absolute atomic E-state index is 0.0368. The van der Waals surface area contributed by atoms with Crippen molar-refractivity contribution >= 4 is 40.5 Å². The molecular weight excluding hydrogens is 321 g/mol. The SMILES string of the molecule is CCN(CC)C(=O)c1cncc(Nc2cc(Cl)cc(Cl)c2)c1. The number of nitrogens with zero attached hydrogens (tertiary/aromatic N) is 2. The Bertz CT molecular complexity index is 652. The number of nitrogens with one attached hydrogen (secondary N) is 1. The Kier molecular flexibility index (Phi) is 5.63. The quantitative estimate of drug-likeness (QED) is 0.866. The number of benzene rings is 1. The van der Waals surface area contributed by atoms with Crippen molar-refractivity contribution in [2.24, 2.45) is 0 Å². The molecule has 0 atom stereocenters. The van der Waals surface area contributed by atoms with Gasteiger partial charge in [0.1, 0.15) is 0 Å². The van der Waals surface area contributed by atoms with Gasteiger partial charge in [0, 0.05) is 35.0 Å². The van der Waals surface area contributed by atoms with Gasteiger partial charge in [0.2, 0.25) is 0 Å². The number of carbonyl (C=O) groups is 1. The molecule has 116 valence electrons. The summed E-state index contributed by atoms with van der Waals surface area (Å²) in [5, 5.41) is 4.23. The zero-order chi connectivity index (χ0) is 16.1. The Labute approximate surface area is 140 Å². The van der Waals surface area contributed by atoms with E-state index >= 15 is 0 Å². The van der Waals surface area contributed by atoms with Crippen LogP contribution in [0.5, 0.6) is 0 Å². The van der Waals surface area contributed by atoms with E-state index in [2.05, 4.69) is 10.3 Å². The average Bonchev–Trinajstić information content (AvgIpc) is 2.47. The monoisotopic (exact) mass is 337 g/mol. The third-order valence-corrected chi connectivity index (χ3v) is 3.62. The molecule has 1 aromatic heterocycles. The maximum Gasteiger partial charge on any atom is 0.255 e. The number of halogens is 2. The van der Waals surface area contributed by atoms with E-state index in [0.29, 0.717) is 34.4 Å². The third kappa shape index (κ3) is 4.12. The van der Waals surface area contributed by atoms with E-state index in [1.165, 1.54) is 0 Å². The fourth-order valence-electron chi connectivity index (χ4n) is 2.11. The Hall–Kier alpha value is -1.78. The molecule has 0 spiro atoms. The fourth-order valence-corrected chi connectivity index (χ4v) is 2.64. The van der Waals surface area contributed by atoms with Gasteiger partial charge in [0.15, 0.2) is 0 Å². The summed E-state index contributed by atoms with van der Waals surface area (Å²) in [7, 11) is 0. The lowest BCUT2D eigenvalue weighted by atomic mass is 10.2. The molecule has 6 heteroatoms. The van der Waals surface area contributed by atoms with Crippen LogP contribution in [-0.2, 0) is 0 Å². The molecule has 2 aromatic rings. The van der Waals surface area contributed by atoms with Crippen molar-refractivity contribution in [3.05, 3.63) is 52.3 Å². The summed E-state index contributed by atoms with van der Waals surface area (Å²) in [6, 6.07) is 6.94. The lowest BCUT2D eigenvalue weighted by molar-refractivity contribution is 0.0772. The second-order valence-corrected chi connectivity index (χ2v) is 5.60. The molecule has 0 saturated carbocycles. The van der Waals surface area contributed by atoms with Crippen LogP contribution >= 0.6 is 23.2 Å². The molecule has 1 amide bonds. The van der Waals surface area contributed by atoms with E-state index in [1.807, 2.05) is 13.8 Å². The maximum absolute atomic E-state index is 12.3. The van der Waals surface area contributed by atoms with Crippen LogP contribution in [0, 0.1) is 0 Å². The second kappa shape index (κ2) is 7.47. The van der Waals surface area contributed by atoms with Gasteiger partial charge in [0.05, 0.1) is 17.4 Å². The average molecular weight is 338 g/mol. The summed E-state index contributed by atoms with van der Waals surface area (Å²) in [4.78, 5) is 18.2. The summed E-state index contributed by atoms with van der Waals surface area (Å²) in [5.74, 6) is -0.0368. The van der Waals surface area contributed by atoms with Gasteiger partial charge in [-0.2, -0.15) is 0 Å². The molecule has 0 fully saturated rings. The van der Waals surface area contributed by atoms with Crippen molar-refractivity contribution in [1.29, 1.82) is 0 Å². The highest BCUT2D eigenvalue weighted by Crippen LogP contribution is 2.25. The van der Waals surface area contributed by atoms with Crippen LogP contribution in [0.15, 0.2) is 36.7 Å². The largest absolute Gasteiger partial charge is 0.354 e. The summed E-state index contributed by atoms with van der Waals surface area (Å²) >= 11 is 12.0. The standard InChI is InChI=1S/C16H17Cl2N3O/c1-3-21(4-2)16(22)11-5-15(10-19-9-11)20-14-7-12(17)6-13(18)8-14/h5-10,20H,3-4H2,1-2H3. The normalized spacial score (nSPS) is 10.4. The highest BCUT2D eigenvalue weighted by Gasteiger charge is 2.13. The zero-order valence-corrected chi connectivity index (χ0v) is 13.9. The van der Waals surface area contributed by atoms with Gasteiger partial charge in [-0.25, -0.2) is 0 Å². The molecule has 0 radical (unpaired) electrons. The molecule has 0 aliphatic rings. The molecule has 0 saturated heterocycles. The number of rotatable bonds is 5. The first kappa shape index (κ1) is 16.6. The molecule has 1 heterocycles. The molecule has 1 N–H and O–H groups in total. The summed E-state index contributed by atoms with van der Waals surface area (Å²) < 4.78 is 0. The minimum Gasteiger partial charge on any atom is -0.354 e. The topological polar surface area (TPSA) is 45.2 Å².